The van der Waals surface area contributed by atoms with Gasteiger partial charge in [-0.25, -0.2) is 0 Å². The lowest BCUT2D eigenvalue weighted by Crippen LogP contribution is -2.34. The van der Waals surface area contributed by atoms with E-state index in [9.17, 15) is 5.11 Å². The standard InChI is InChI=1S/C13H19ClN2O/c14-12-4-1-3-11(9-12)13(10-17)16-7-2-5-15-6-8-16/h1,3-4,9,13,15,17H,2,5-8,10H2. The molecule has 2 N–H and O–H groups in total. The predicted molar refractivity (Wildman–Crippen MR) is 70.3 cm³/mol. The molecule has 0 aromatic heterocycles. The molecular formula is C13H19ClN2O. The molecule has 1 aliphatic heterocycles. The van der Waals surface area contributed by atoms with E-state index in [-0.39, 0.29) is 12.6 Å². The Morgan fingerprint density at radius 1 is 1.35 bits per heavy atom. The molecule has 2 rings (SSSR count). The van der Waals surface area contributed by atoms with Crippen LogP contribution in [-0.4, -0.2) is 42.8 Å². The highest BCUT2D eigenvalue weighted by Crippen LogP contribution is 2.23. The number of rotatable bonds is 3. The molecule has 0 amide bonds. The van der Waals surface area contributed by atoms with E-state index in [1.807, 2.05) is 24.3 Å². The lowest BCUT2D eigenvalue weighted by Gasteiger charge is -2.29. The van der Waals surface area contributed by atoms with Crippen LogP contribution in [0.15, 0.2) is 24.3 Å². The summed E-state index contributed by atoms with van der Waals surface area (Å²) in [5.74, 6) is 0. The Kier molecular flexibility index (Phi) is 4.80. The zero-order chi connectivity index (χ0) is 12.1. The van der Waals surface area contributed by atoms with Crippen molar-refractivity contribution in [3.63, 3.8) is 0 Å². The van der Waals surface area contributed by atoms with Crippen molar-refractivity contribution in [2.24, 2.45) is 0 Å². The first-order valence-electron chi connectivity index (χ1n) is 6.12. The molecule has 1 aromatic carbocycles. The van der Waals surface area contributed by atoms with Gasteiger partial charge in [-0.05, 0) is 30.7 Å². The molecule has 1 saturated heterocycles. The molecule has 1 fully saturated rings. The van der Waals surface area contributed by atoms with Gasteiger partial charge in [0.25, 0.3) is 0 Å². The molecule has 1 atom stereocenters. The lowest BCUT2D eigenvalue weighted by atomic mass is 10.1. The van der Waals surface area contributed by atoms with E-state index in [1.54, 1.807) is 0 Å². The average molecular weight is 255 g/mol. The van der Waals surface area contributed by atoms with Crippen molar-refractivity contribution < 1.29 is 5.11 Å². The Bertz CT molecular complexity index is 351. The van der Waals surface area contributed by atoms with Gasteiger partial charge in [-0.3, -0.25) is 4.90 Å². The summed E-state index contributed by atoms with van der Waals surface area (Å²) in [6.45, 7) is 4.17. The van der Waals surface area contributed by atoms with Crippen molar-refractivity contribution in [1.82, 2.24) is 10.2 Å². The fourth-order valence-electron chi connectivity index (χ4n) is 2.32. The second-order valence-electron chi connectivity index (χ2n) is 4.39. The van der Waals surface area contributed by atoms with Crippen LogP contribution in [0.5, 0.6) is 0 Å². The second-order valence-corrected chi connectivity index (χ2v) is 4.83. The van der Waals surface area contributed by atoms with Gasteiger partial charge in [0.1, 0.15) is 0 Å². The maximum atomic E-state index is 9.61. The summed E-state index contributed by atoms with van der Waals surface area (Å²) in [7, 11) is 0. The second kappa shape index (κ2) is 6.36. The third-order valence-electron chi connectivity index (χ3n) is 3.22. The van der Waals surface area contributed by atoms with Gasteiger partial charge in [0.2, 0.25) is 0 Å². The summed E-state index contributed by atoms with van der Waals surface area (Å²) in [5, 5.41) is 13.7. The van der Waals surface area contributed by atoms with Gasteiger partial charge in [0.15, 0.2) is 0 Å². The number of nitrogens with one attached hydrogen (secondary N) is 1. The molecule has 3 nitrogen and oxygen atoms in total. The van der Waals surface area contributed by atoms with E-state index in [0.717, 1.165) is 43.2 Å². The van der Waals surface area contributed by atoms with Crippen molar-refractivity contribution in [2.75, 3.05) is 32.8 Å². The van der Waals surface area contributed by atoms with Crippen LogP contribution in [0.4, 0.5) is 0 Å². The third-order valence-corrected chi connectivity index (χ3v) is 3.46. The maximum absolute atomic E-state index is 9.61. The Hall–Kier alpha value is -0.610. The van der Waals surface area contributed by atoms with Crippen LogP contribution in [0.25, 0.3) is 0 Å². The van der Waals surface area contributed by atoms with E-state index in [1.165, 1.54) is 0 Å². The number of aliphatic hydroxyl groups is 1. The zero-order valence-electron chi connectivity index (χ0n) is 9.90. The number of benzene rings is 1. The maximum Gasteiger partial charge on any atom is 0.0628 e. The van der Waals surface area contributed by atoms with Crippen molar-refractivity contribution in [3.05, 3.63) is 34.9 Å². The molecule has 1 unspecified atom stereocenters. The van der Waals surface area contributed by atoms with Crippen molar-refractivity contribution in [2.45, 2.75) is 12.5 Å². The Balaban J connectivity index is 2.14. The van der Waals surface area contributed by atoms with Gasteiger partial charge < -0.3 is 10.4 Å². The molecule has 17 heavy (non-hydrogen) atoms. The number of halogens is 1. The van der Waals surface area contributed by atoms with E-state index < -0.39 is 0 Å². The highest BCUT2D eigenvalue weighted by Gasteiger charge is 2.20. The normalized spacial score (nSPS) is 19.9. The summed E-state index contributed by atoms with van der Waals surface area (Å²) in [6, 6.07) is 7.85. The van der Waals surface area contributed by atoms with Crippen LogP contribution in [0, 0.1) is 0 Å². The molecular weight excluding hydrogens is 236 g/mol. The largest absolute Gasteiger partial charge is 0.394 e. The molecule has 4 heteroatoms. The predicted octanol–water partition coefficient (Wildman–Crippen LogP) is 1.67. The summed E-state index contributed by atoms with van der Waals surface area (Å²) in [5.41, 5.74) is 1.10. The van der Waals surface area contributed by atoms with E-state index >= 15 is 0 Å². The molecule has 1 aliphatic rings. The molecule has 0 radical (unpaired) electrons. The van der Waals surface area contributed by atoms with Crippen LogP contribution in [-0.2, 0) is 0 Å². The minimum Gasteiger partial charge on any atom is -0.394 e. The van der Waals surface area contributed by atoms with Gasteiger partial charge >= 0.3 is 0 Å². The van der Waals surface area contributed by atoms with Crippen LogP contribution in [0.1, 0.15) is 18.0 Å². The SMILES string of the molecule is OCC(c1cccc(Cl)c1)N1CCCNCC1. The monoisotopic (exact) mass is 254 g/mol. The van der Waals surface area contributed by atoms with Crippen molar-refractivity contribution in [1.29, 1.82) is 0 Å². The first-order valence-corrected chi connectivity index (χ1v) is 6.50. The molecule has 1 aromatic rings. The minimum absolute atomic E-state index is 0.0635. The fraction of sp³-hybridized carbons (Fsp3) is 0.538. The number of aliphatic hydroxyl groups excluding tert-OH is 1. The molecule has 94 valence electrons. The van der Waals surface area contributed by atoms with Crippen LogP contribution < -0.4 is 5.32 Å². The quantitative estimate of drug-likeness (QED) is 0.862. The molecule has 0 spiro atoms. The summed E-state index contributed by atoms with van der Waals surface area (Å²) >= 11 is 6.00. The van der Waals surface area contributed by atoms with Crippen molar-refractivity contribution in [3.8, 4) is 0 Å². The molecule has 0 saturated carbocycles. The smallest absolute Gasteiger partial charge is 0.0628 e. The van der Waals surface area contributed by atoms with Crippen LogP contribution >= 0.6 is 11.6 Å². The number of hydrogen-bond donors (Lipinski definition) is 2. The third kappa shape index (κ3) is 3.42. The molecule has 0 aliphatic carbocycles. The van der Waals surface area contributed by atoms with E-state index in [4.69, 9.17) is 11.6 Å². The van der Waals surface area contributed by atoms with Gasteiger partial charge in [0, 0.05) is 24.7 Å². The molecule has 0 bridgehead atoms. The summed E-state index contributed by atoms with van der Waals surface area (Å²) in [6.07, 6.45) is 1.12. The topological polar surface area (TPSA) is 35.5 Å². The van der Waals surface area contributed by atoms with E-state index in [0.29, 0.717) is 0 Å². The number of nitrogens with zero attached hydrogens (tertiary/aromatic N) is 1. The van der Waals surface area contributed by atoms with Crippen LogP contribution in [0.3, 0.4) is 0 Å². The summed E-state index contributed by atoms with van der Waals surface area (Å²) < 4.78 is 0. The minimum atomic E-state index is 0.0635. The van der Waals surface area contributed by atoms with Crippen molar-refractivity contribution >= 4 is 11.6 Å². The Morgan fingerprint density at radius 2 is 2.24 bits per heavy atom. The number of hydrogen-bond acceptors (Lipinski definition) is 3. The molecule has 1 heterocycles. The average Bonchev–Trinajstić information content (AvgIpc) is 2.59. The van der Waals surface area contributed by atoms with Gasteiger partial charge in [-0.1, -0.05) is 23.7 Å². The first-order chi connectivity index (χ1) is 8.31. The highest BCUT2D eigenvalue weighted by atomic mass is 35.5. The van der Waals surface area contributed by atoms with Gasteiger partial charge in [-0.2, -0.15) is 0 Å². The first kappa shape index (κ1) is 12.8. The lowest BCUT2D eigenvalue weighted by molar-refractivity contribution is 0.130. The zero-order valence-corrected chi connectivity index (χ0v) is 10.7. The fourth-order valence-corrected chi connectivity index (χ4v) is 2.52. The van der Waals surface area contributed by atoms with Gasteiger partial charge in [-0.15, -0.1) is 0 Å². The summed E-state index contributed by atoms with van der Waals surface area (Å²) in [4.78, 5) is 2.33. The van der Waals surface area contributed by atoms with Gasteiger partial charge in [0.05, 0.1) is 12.6 Å². The van der Waals surface area contributed by atoms with Crippen LogP contribution in [0.2, 0.25) is 5.02 Å². The van der Waals surface area contributed by atoms with E-state index in [2.05, 4.69) is 10.2 Å². The highest BCUT2D eigenvalue weighted by molar-refractivity contribution is 6.30. The Labute approximate surface area is 107 Å². The Morgan fingerprint density at radius 3 is 3.00 bits per heavy atom.